The van der Waals surface area contributed by atoms with Gasteiger partial charge in [0.2, 0.25) is 5.13 Å². The van der Waals surface area contributed by atoms with Gasteiger partial charge in [0, 0.05) is 17.2 Å². The predicted octanol–water partition coefficient (Wildman–Crippen LogP) is 5.72. The lowest BCUT2D eigenvalue weighted by atomic mass is 9.96. The van der Waals surface area contributed by atoms with Crippen molar-refractivity contribution in [1.82, 2.24) is 15.2 Å². The van der Waals surface area contributed by atoms with E-state index in [1.165, 1.54) is 32.1 Å². The van der Waals surface area contributed by atoms with E-state index in [1.54, 1.807) is 48.7 Å². The van der Waals surface area contributed by atoms with Crippen molar-refractivity contribution in [3.63, 3.8) is 0 Å². The van der Waals surface area contributed by atoms with Crippen molar-refractivity contribution in [3.8, 4) is 22.1 Å². The van der Waals surface area contributed by atoms with Gasteiger partial charge in [-0.1, -0.05) is 48.4 Å². The Morgan fingerprint density at radius 3 is 2.79 bits per heavy atom. The Morgan fingerprint density at radius 2 is 2.00 bits per heavy atom. The molecule has 1 aliphatic rings. The summed E-state index contributed by atoms with van der Waals surface area (Å²) in [6.45, 7) is 0. The van der Waals surface area contributed by atoms with Gasteiger partial charge in [-0.2, -0.15) is 0 Å². The zero-order chi connectivity index (χ0) is 20.1. The molecular formula is C20H24N4O2S3. The van der Waals surface area contributed by atoms with Crippen molar-refractivity contribution in [2.45, 2.75) is 48.2 Å². The standard InChI is InChI=1S/C20H24N4O2S3/c1-25-16-10-6-9-15(17(16)26-2)18-21-14(11-27-18)12-28-20-24-23-19(29-20)22-13-7-4-3-5-8-13/h6,9-11,13H,3-5,7-8,12H2,1-2H3,(H,22,23). The number of ether oxygens (including phenoxy) is 2. The molecule has 0 aliphatic heterocycles. The van der Waals surface area contributed by atoms with Crippen LogP contribution in [0.15, 0.2) is 27.9 Å². The molecule has 6 nitrogen and oxygen atoms in total. The van der Waals surface area contributed by atoms with Crippen LogP contribution in [0.5, 0.6) is 11.5 Å². The molecule has 1 N–H and O–H groups in total. The second-order valence-electron chi connectivity index (χ2n) is 6.83. The maximum absolute atomic E-state index is 5.54. The summed E-state index contributed by atoms with van der Waals surface area (Å²) in [5.41, 5.74) is 1.97. The Morgan fingerprint density at radius 1 is 1.14 bits per heavy atom. The normalized spacial score (nSPS) is 14.7. The van der Waals surface area contributed by atoms with Crippen molar-refractivity contribution in [1.29, 1.82) is 0 Å². The summed E-state index contributed by atoms with van der Waals surface area (Å²) in [4.78, 5) is 4.78. The fraction of sp³-hybridized carbons (Fsp3) is 0.450. The highest BCUT2D eigenvalue weighted by Gasteiger charge is 2.17. The predicted molar refractivity (Wildman–Crippen MR) is 121 cm³/mol. The van der Waals surface area contributed by atoms with Crippen molar-refractivity contribution < 1.29 is 9.47 Å². The molecule has 0 spiro atoms. The van der Waals surface area contributed by atoms with Crippen molar-refractivity contribution in [2.75, 3.05) is 19.5 Å². The molecule has 1 aliphatic carbocycles. The number of para-hydroxylation sites is 1. The summed E-state index contributed by atoms with van der Waals surface area (Å²) in [7, 11) is 3.30. The second-order valence-corrected chi connectivity index (χ2v) is 9.88. The topological polar surface area (TPSA) is 69.2 Å². The van der Waals surface area contributed by atoms with Crippen LogP contribution in [0.3, 0.4) is 0 Å². The number of hydrogen-bond donors (Lipinski definition) is 1. The maximum atomic E-state index is 5.54. The summed E-state index contributed by atoms with van der Waals surface area (Å²) in [6, 6.07) is 6.40. The van der Waals surface area contributed by atoms with Gasteiger partial charge in [-0.15, -0.1) is 21.5 Å². The molecule has 0 atom stereocenters. The first kappa shape index (κ1) is 20.4. The van der Waals surface area contributed by atoms with Crippen molar-refractivity contribution in [3.05, 3.63) is 29.3 Å². The van der Waals surface area contributed by atoms with Crippen LogP contribution in [0.2, 0.25) is 0 Å². The minimum atomic E-state index is 0.550. The summed E-state index contributed by atoms with van der Waals surface area (Å²) >= 11 is 4.91. The van der Waals surface area contributed by atoms with Crippen LogP contribution in [0.4, 0.5) is 5.13 Å². The zero-order valence-corrected chi connectivity index (χ0v) is 19.0. The van der Waals surface area contributed by atoms with Gasteiger partial charge < -0.3 is 14.8 Å². The highest BCUT2D eigenvalue weighted by atomic mass is 32.2. The van der Waals surface area contributed by atoms with E-state index in [0.717, 1.165) is 31.5 Å². The molecule has 0 amide bonds. The summed E-state index contributed by atoms with van der Waals surface area (Å²) < 4.78 is 11.9. The van der Waals surface area contributed by atoms with E-state index in [9.17, 15) is 0 Å². The zero-order valence-electron chi connectivity index (χ0n) is 16.5. The first-order valence-electron chi connectivity index (χ1n) is 9.65. The summed E-state index contributed by atoms with van der Waals surface area (Å²) in [5, 5.41) is 16.1. The number of thiazole rings is 1. The molecule has 3 aromatic rings. The van der Waals surface area contributed by atoms with E-state index < -0.39 is 0 Å². The van der Waals surface area contributed by atoms with Crippen LogP contribution in [0.25, 0.3) is 10.6 Å². The quantitative estimate of drug-likeness (QED) is 0.442. The fourth-order valence-corrected chi connectivity index (χ4v) is 6.10. The number of benzene rings is 1. The van der Waals surface area contributed by atoms with Gasteiger partial charge in [0.05, 0.1) is 25.5 Å². The smallest absolute Gasteiger partial charge is 0.206 e. The molecule has 0 bridgehead atoms. The van der Waals surface area contributed by atoms with Crippen LogP contribution in [-0.4, -0.2) is 35.4 Å². The number of nitrogens with zero attached hydrogens (tertiary/aromatic N) is 3. The summed E-state index contributed by atoms with van der Waals surface area (Å²) in [5.74, 6) is 2.19. The minimum Gasteiger partial charge on any atom is -0.493 e. The monoisotopic (exact) mass is 448 g/mol. The van der Waals surface area contributed by atoms with Crippen LogP contribution >= 0.6 is 34.4 Å². The SMILES string of the molecule is COc1cccc(-c2nc(CSc3nnc(NC4CCCCC4)s3)cs2)c1OC. The van der Waals surface area contributed by atoms with Crippen molar-refractivity contribution in [2.24, 2.45) is 0 Å². The average molecular weight is 449 g/mol. The van der Waals surface area contributed by atoms with Crippen LogP contribution < -0.4 is 14.8 Å². The van der Waals surface area contributed by atoms with Gasteiger partial charge in [0.15, 0.2) is 15.8 Å². The molecule has 4 rings (SSSR count). The number of methoxy groups -OCH3 is 2. The van der Waals surface area contributed by atoms with E-state index in [1.807, 2.05) is 18.2 Å². The molecule has 1 fully saturated rings. The summed E-state index contributed by atoms with van der Waals surface area (Å²) in [6.07, 6.45) is 6.44. The third-order valence-electron chi connectivity index (χ3n) is 4.87. The number of aromatic nitrogens is 3. The van der Waals surface area contributed by atoms with Gasteiger partial charge in [-0.05, 0) is 25.0 Å². The van der Waals surface area contributed by atoms with Crippen molar-refractivity contribution >= 4 is 39.6 Å². The largest absolute Gasteiger partial charge is 0.493 e. The number of thioether (sulfide) groups is 1. The molecule has 2 aromatic heterocycles. The highest BCUT2D eigenvalue weighted by molar-refractivity contribution is 8.00. The first-order valence-corrected chi connectivity index (χ1v) is 12.3. The molecular weight excluding hydrogens is 424 g/mol. The van der Waals surface area contributed by atoms with Gasteiger partial charge >= 0.3 is 0 Å². The van der Waals surface area contributed by atoms with Gasteiger partial charge in [0.1, 0.15) is 5.01 Å². The van der Waals surface area contributed by atoms with E-state index in [-0.39, 0.29) is 0 Å². The lowest BCUT2D eigenvalue weighted by Crippen LogP contribution is -2.21. The Bertz CT molecular complexity index is 937. The molecule has 1 saturated carbocycles. The molecule has 9 heteroatoms. The molecule has 2 heterocycles. The third kappa shape index (κ3) is 5.02. The molecule has 0 radical (unpaired) electrons. The van der Waals surface area contributed by atoms with E-state index in [4.69, 9.17) is 14.5 Å². The van der Waals surface area contributed by atoms with Crippen LogP contribution in [0, 0.1) is 0 Å². The second kappa shape index (κ2) is 9.77. The lowest BCUT2D eigenvalue weighted by Gasteiger charge is -2.21. The van der Waals surface area contributed by atoms with E-state index in [2.05, 4.69) is 20.9 Å². The Hall–Kier alpha value is -1.84. The average Bonchev–Trinajstić information content (AvgIpc) is 3.41. The van der Waals surface area contributed by atoms with Gasteiger partial charge in [0.25, 0.3) is 0 Å². The number of nitrogens with one attached hydrogen (secondary N) is 1. The molecule has 29 heavy (non-hydrogen) atoms. The van der Waals surface area contributed by atoms with E-state index >= 15 is 0 Å². The van der Waals surface area contributed by atoms with E-state index in [0.29, 0.717) is 17.5 Å². The lowest BCUT2D eigenvalue weighted by molar-refractivity contribution is 0.356. The van der Waals surface area contributed by atoms with Crippen LogP contribution in [0.1, 0.15) is 37.8 Å². The fourth-order valence-electron chi connectivity index (χ4n) is 3.44. The number of rotatable bonds is 8. The Kier molecular flexibility index (Phi) is 6.89. The first-order chi connectivity index (χ1) is 14.3. The molecule has 0 saturated heterocycles. The molecule has 154 valence electrons. The molecule has 0 unspecified atom stereocenters. The van der Waals surface area contributed by atoms with Crippen LogP contribution in [-0.2, 0) is 5.75 Å². The third-order valence-corrected chi connectivity index (χ3v) is 7.81. The Labute approximate surface area is 183 Å². The van der Waals surface area contributed by atoms with Gasteiger partial charge in [-0.25, -0.2) is 4.98 Å². The van der Waals surface area contributed by atoms with Gasteiger partial charge in [-0.3, -0.25) is 0 Å². The Balaban J connectivity index is 1.38. The highest BCUT2D eigenvalue weighted by Crippen LogP contribution is 2.39. The molecule has 1 aromatic carbocycles. The number of anilines is 1. The maximum Gasteiger partial charge on any atom is 0.206 e. The minimum absolute atomic E-state index is 0.550. The number of hydrogen-bond acceptors (Lipinski definition) is 9.